The van der Waals surface area contributed by atoms with Gasteiger partial charge in [-0.05, 0) is 55.5 Å². The number of amides is 2. The van der Waals surface area contributed by atoms with E-state index >= 15 is 0 Å². The molecule has 0 saturated heterocycles. The van der Waals surface area contributed by atoms with Crippen molar-refractivity contribution in [3.05, 3.63) is 64.9 Å². The van der Waals surface area contributed by atoms with E-state index in [1.165, 1.54) is 29.3 Å². The topological polar surface area (TPSA) is 71.3 Å². The van der Waals surface area contributed by atoms with Crippen LogP contribution in [0.3, 0.4) is 0 Å². The van der Waals surface area contributed by atoms with E-state index in [1.54, 1.807) is 0 Å². The van der Waals surface area contributed by atoms with Gasteiger partial charge in [-0.1, -0.05) is 24.3 Å². The van der Waals surface area contributed by atoms with Crippen LogP contribution in [0.25, 0.3) is 11.0 Å². The number of aryl methyl sites for hydroxylation is 3. The zero-order chi connectivity index (χ0) is 18.8. The van der Waals surface area contributed by atoms with E-state index in [-0.39, 0.29) is 17.4 Å². The first kappa shape index (κ1) is 17.7. The van der Waals surface area contributed by atoms with E-state index in [0.29, 0.717) is 5.58 Å². The van der Waals surface area contributed by atoms with E-state index in [9.17, 15) is 9.59 Å². The summed E-state index contributed by atoms with van der Waals surface area (Å²) in [6.45, 7) is 1.83. The largest absolute Gasteiger partial charge is 0.451 e. The smallest absolute Gasteiger partial charge is 0.305 e. The maximum absolute atomic E-state index is 12.3. The molecule has 6 heteroatoms. The predicted octanol–water partition coefficient (Wildman–Crippen LogP) is 3.78. The van der Waals surface area contributed by atoms with E-state index in [2.05, 4.69) is 29.1 Å². The number of carbonyl (C=O) groups is 2. The number of carbonyl (C=O) groups excluding carboxylic acids is 2. The van der Waals surface area contributed by atoms with Crippen LogP contribution < -0.4 is 10.9 Å². The van der Waals surface area contributed by atoms with Gasteiger partial charge in [-0.2, -0.15) is 0 Å². The van der Waals surface area contributed by atoms with Crippen LogP contribution in [-0.2, 0) is 17.6 Å². The highest BCUT2D eigenvalue weighted by molar-refractivity contribution is 8.00. The van der Waals surface area contributed by atoms with Gasteiger partial charge in [-0.25, -0.2) is 0 Å². The third-order valence-electron chi connectivity index (χ3n) is 4.81. The zero-order valence-electron chi connectivity index (χ0n) is 15.0. The van der Waals surface area contributed by atoms with Crippen molar-refractivity contribution in [2.75, 3.05) is 5.75 Å². The molecule has 2 aromatic carbocycles. The van der Waals surface area contributed by atoms with Gasteiger partial charge in [0, 0.05) is 15.8 Å². The number of rotatable bonds is 4. The summed E-state index contributed by atoms with van der Waals surface area (Å²) in [5.41, 5.74) is 9.09. The number of furan rings is 1. The van der Waals surface area contributed by atoms with Crippen LogP contribution in [-0.4, -0.2) is 17.6 Å². The van der Waals surface area contributed by atoms with Crippen molar-refractivity contribution in [2.45, 2.75) is 31.1 Å². The summed E-state index contributed by atoms with van der Waals surface area (Å²) in [4.78, 5) is 25.5. The van der Waals surface area contributed by atoms with Gasteiger partial charge < -0.3 is 4.42 Å². The standard InChI is InChI=1S/C21H20N2O3S/c1-13-17-7-2-3-8-18(17)26-20(13)21(25)23-22-19(24)12-27-16-10-9-14-5-4-6-15(14)11-16/h2-3,7-11H,4-6,12H2,1H3,(H,22,24)(H,23,25). The Labute approximate surface area is 161 Å². The van der Waals surface area contributed by atoms with E-state index < -0.39 is 5.91 Å². The lowest BCUT2D eigenvalue weighted by Crippen LogP contribution is -2.42. The fourth-order valence-electron chi connectivity index (χ4n) is 3.40. The van der Waals surface area contributed by atoms with Gasteiger partial charge in [0.05, 0.1) is 5.75 Å². The molecule has 0 atom stereocenters. The van der Waals surface area contributed by atoms with Gasteiger partial charge in [-0.3, -0.25) is 20.4 Å². The third kappa shape index (κ3) is 3.71. The SMILES string of the molecule is Cc1c(C(=O)NNC(=O)CSc2ccc3c(c2)CCC3)oc2ccccc12. The van der Waals surface area contributed by atoms with Crippen molar-refractivity contribution in [2.24, 2.45) is 0 Å². The summed E-state index contributed by atoms with van der Waals surface area (Å²) in [7, 11) is 0. The Bertz CT molecular complexity index is 1030. The van der Waals surface area contributed by atoms with Gasteiger partial charge in [0.15, 0.2) is 5.76 Å². The highest BCUT2D eigenvalue weighted by Crippen LogP contribution is 2.27. The summed E-state index contributed by atoms with van der Waals surface area (Å²) < 4.78 is 5.60. The lowest BCUT2D eigenvalue weighted by molar-refractivity contribution is -0.119. The second-order valence-electron chi connectivity index (χ2n) is 6.63. The maximum atomic E-state index is 12.3. The second-order valence-corrected chi connectivity index (χ2v) is 7.68. The lowest BCUT2D eigenvalue weighted by Gasteiger charge is -2.07. The van der Waals surface area contributed by atoms with Crippen LogP contribution in [0.1, 0.15) is 33.7 Å². The number of hydrazine groups is 1. The van der Waals surface area contributed by atoms with Crippen LogP contribution in [0.5, 0.6) is 0 Å². The minimum absolute atomic E-state index is 0.211. The molecule has 2 amide bonds. The summed E-state index contributed by atoms with van der Waals surface area (Å²) in [6, 6.07) is 13.8. The molecule has 0 fully saturated rings. The lowest BCUT2D eigenvalue weighted by atomic mass is 10.1. The molecule has 4 rings (SSSR count). The Morgan fingerprint density at radius 3 is 2.74 bits per heavy atom. The molecule has 1 aliphatic carbocycles. The molecular weight excluding hydrogens is 360 g/mol. The minimum Gasteiger partial charge on any atom is -0.451 e. The number of benzene rings is 2. The van der Waals surface area contributed by atoms with E-state index in [4.69, 9.17) is 4.42 Å². The number of thioether (sulfide) groups is 1. The average Bonchev–Trinajstić information content (AvgIpc) is 3.29. The molecule has 1 aromatic heterocycles. The Hall–Kier alpha value is -2.73. The molecule has 0 bridgehead atoms. The number of nitrogens with one attached hydrogen (secondary N) is 2. The number of hydrogen-bond donors (Lipinski definition) is 2. The van der Waals surface area contributed by atoms with Crippen molar-refractivity contribution in [3.63, 3.8) is 0 Å². The van der Waals surface area contributed by atoms with E-state index in [1.807, 2.05) is 31.2 Å². The van der Waals surface area contributed by atoms with Crippen molar-refractivity contribution >= 4 is 34.5 Å². The third-order valence-corrected chi connectivity index (χ3v) is 5.80. The highest BCUT2D eigenvalue weighted by Gasteiger charge is 2.18. The molecule has 3 aromatic rings. The highest BCUT2D eigenvalue weighted by atomic mass is 32.2. The number of fused-ring (bicyclic) bond motifs is 2. The van der Waals surface area contributed by atoms with Gasteiger partial charge >= 0.3 is 5.91 Å². The molecule has 0 spiro atoms. The molecule has 27 heavy (non-hydrogen) atoms. The quantitative estimate of drug-likeness (QED) is 0.534. The van der Waals surface area contributed by atoms with Crippen LogP contribution in [0.2, 0.25) is 0 Å². The van der Waals surface area contributed by atoms with Crippen molar-refractivity contribution in [1.82, 2.24) is 10.9 Å². The fraction of sp³-hybridized carbons (Fsp3) is 0.238. The van der Waals surface area contributed by atoms with Crippen molar-refractivity contribution in [1.29, 1.82) is 0 Å². The summed E-state index contributed by atoms with van der Waals surface area (Å²) in [5, 5.41) is 0.890. The normalized spacial score (nSPS) is 12.8. The average molecular weight is 380 g/mol. The second kappa shape index (κ2) is 7.48. The Balaban J connectivity index is 1.32. The Morgan fingerprint density at radius 2 is 1.89 bits per heavy atom. The first-order valence-electron chi connectivity index (χ1n) is 8.94. The van der Waals surface area contributed by atoms with Crippen molar-refractivity contribution < 1.29 is 14.0 Å². The molecule has 5 nitrogen and oxygen atoms in total. The summed E-state index contributed by atoms with van der Waals surface area (Å²) in [6.07, 6.45) is 3.47. The Kier molecular flexibility index (Phi) is 4.90. The number of para-hydroxylation sites is 1. The monoisotopic (exact) mass is 380 g/mol. The van der Waals surface area contributed by atoms with Crippen LogP contribution in [0, 0.1) is 6.92 Å². The molecular formula is C21H20N2O3S. The maximum Gasteiger partial charge on any atom is 0.305 e. The van der Waals surface area contributed by atoms with Gasteiger partial charge in [0.2, 0.25) is 5.91 Å². The van der Waals surface area contributed by atoms with Crippen molar-refractivity contribution in [3.8, 4) is 0 Å². The molecule has 0 aliphatic heterocycles. The summed E-state index contributed by atoms with van der Waals surface area (Å²) >= 11 is 1.46. The first-order chi connectivity index (χ1) is 13.1. The van der Waals surface area contributed by atoms with Crippen LogP contribution in [0.4, 0.5) is 0 Å². The predicted molar refractivity (Wildman–Crippen MR) is 106 cm³/mol. The first-order valence-corrected chi connectivity index (χ1v) is 9.92. The van der Waals surface area contributed by atoms with Gasteiger partial charge in [0.25, 0.3) is 0 Å². The molecule has 0 radical (unpaired) electrons. The fourth-order valence-corrected chi connectivity index (χ4v) is 4.16. The molecule has 138 valence electrons. The van der Waals surface area contributed by atoms with Gasteiger partial charge in [0.1, 0.15) is 5.58 Å². The summed E-state index contributed by atoms with van der Waals surface area (Å²) in [5.74, 6) is -0.275. The van der Waals surface area contributed by atoms with Crippen LogP contribution >= 0.6 is 11.8 Å². The van der Waals surface area contributed by atoms with E-state index in [0.717, 1.165) is 28.7 Å². The molecule has 0 saturated carbocycles. The molecule has 1 aliphatic rings. The minimum atomic E-state index is -0.459. The Morgan fingerprint density at radius 1 is 1.07 bits per heavy atom. The molecule has 0 unspecified atom stereocenters. The van der Waals surface area contributed by atoms with Crippen LogP contribution in [0.15, 0.2) is 51.8 Å². The molecule has 1 heterocycles. The molecule has 2 N–H and O–H groups in total. The van der Waals surface area contributed by atoms with Gasteiger partial charge in [-0.15, -0.1) is 11.8 Å². The number of hydrogen-bond acceptors (Lipinski definition) is 4. The zero-order valence-corrected chi connectivity index (χ0v) is 15.8.